The maximum absolute atomic E-state index is 6.40. The van der Waals surface area contributed by atoms with Crippen molar-refractivity contribution >= 4 is 45.7 Å². The van der Waals surface area contributed by atoms with Crippen molar-refractivity contribution in [1.29, 1.82) is 0 Å². The number of halogens is 3. The zero-order chi connectivity index (χ0) is 16.6. The van der Waals surface area contributed by atoms with Crippen molar-refractivity contribution in [2.24, 2.45) is 0 Å². The van der Waals surface area contributed by atoms with Crippen LogP contribution in [0.1, 0.15) is 0 Å². The van der Waals surface area contributed by atoms with E-state index in [1.807, 2.05) is 0 Å². The minimum atomic E-state index is 0.158. The quantitative estimate of drug-likeness (QED) is 0.627. The van der Waals surface area contributed by atoms with E-state index in [-0.39, 0.29) is 5.28 Å². The van der Waals surface area contributed by atoms with Crippen LogP contribution in [-0.2, 0) is 0 Å². The van der Waals surface area contributed by atoms with E-state index in [1.54, 1.807) is 24.5 Å². The highest BCUT2D eigenvalue weighted by molar-refractivity contribution is 6.41. The first-order valence-electron chi connectivity index (χ1n) is 6.43. The van der Waals surface area contributed by atoms with Gasteiger partial charge in [-0.2, -0.15) is 0 Å². The first-order valence-corrected chi connectivity index (χ1v) is 7.57. The molecular weight excluding hydrogens is 361 g/mol. The van der Waals surface area contributed by atoms with Crippen LogP contribution in [-0.4, -0.2) is 29.2 Å². The van der Waals surface area contributed by atoms with Crippen LogP contribution in [0.4, 0.5) is 0 Å². The molecule has 0 saturated heterocycles. The highest BCUT2D eigenvalue weighted by Crippen LogP contribution is 2.45. The van der Waals surface area contributed by atoms with Gasteiger partial charge in [-0.3, -0.25) is 4.98 Å². The summed E-state index contributed by atoms with van der Waals surface area (Å²) in [7, 11) is 3.03. The summed E-state index contributed by atoms with van der Waals surface area (Å²) in [6.07, 6.45) is 3.19. The van der Waals surface area contributed by atoms with Gasteiger partial charge in [0.2, 0.25) is 5.28 Å². The Morgan fingerprint density at radius 1 is 0.870 bits per heavy atom. The van der Waals surface area contributed by atoms with Crippen LogP contribution in [0.2, 0.25) is 15.3 Å². The van der Waals surface area contributed by atoms with Crippen molar-refractivity contribution in [3.8, 4) is 22.8 Å². The molecule has 8 heteroatoms. The number of fused-ring (bicyclic) bond motifs is 1. The molecule has 1 aromatic carbocycles. The minimum absolute atomic E-state index is 0.158. The van der Waals surface area contributed by atoms with Crippen LogP contribution in [0.25, 0.3) is 22.2 Å². The fourth-order valence-corrected chi connectivity index (χ4v) is 2.99. The second-order valence-electron chi connectivity index (χ2n) is 4.55. The lowest BCUT2D eigenvalue weighted by Crippen LogP contribution is -1.95. The van der Waals surface area contributed by atoms with Gasteiger partial charge in [0.15, 0.2) is 0 Å². The van der Waals surface area contributed by atoms with E-state index < -0.39 is 0 Å². The van der Waals surface area contributed by atoms with Crippen LogP contribution in [0.3, 0.4) is 0 Å². The molecule has 0 amide bonds. The summed E-state index contributed by atoms with van der Waals surface area (Å²) >= 11 is 18.6. The van der Waals surface area contributed by atoms with Crippen molar-refractivity contribution in [2.75, 3.05) is 14.2 Å². The van der Waals surface area contributed by atoms with Gasteiger partial charge >= 0.3 is 0 Å². The molecule has 0 radical (unpaired) electrons. The Morgan fingerprint density at radius 3 is 2.13 bits per heavy atom. The fourth-order valence-electron chi connectivity index (χ4n) is 2.16. The topological polar surface area (TPSA) is 57.1 Å². The normalized spacial score (nSPS) is 10.8. The number of rotatable bonds is 3. The van der Waals surface area contributed by atoms with E-state index in [0.29, 0.717) is 38.3 Å². The third-order valence-electron chi connectivity index (χ3n) is 3.27. The molecule has 0 N–H and O–H groups in total. The summed E-state index contributed by atoms with van der Waals surface area (Å²) < 4.78 is 10.5. The van der Waals surface area contributed by atoms with Crippen molar-refractivity contribution in [1.82, 2.24) is 15.0 Å². The van der Waals surface area contributed by atoms with Gasteiger partial charge in [-0.05, 0) is 17.7 Å². The fraction of sp³-hybridized carbons (Fsp3) is 0.133. The molecule has 3 rings (SSSR count). The predicted octanol–water partition coefficient (Wildman–Crippen LogP) is 4.67. The van der Waals surface area contributed by atoms with Crippen molar-refractivity contribution in [3.05, 3.63) is 39.9 Å². The molecule has 0 saturated carbocycles. The van der Waals surface area contributed by atoms with Gasteiger partial charge in [-0.1, -0.05) is 23.2 Å². The Kier molecular flexibility index (Phi) is 4.43. The molecule has 0 spiro atoms. The highest BCUT2D eigenvalue weighted by atomic mass is 35.5. The summed E-state index contributed by atoms with van der Waals surface area (Å²) in [4.78, 5) is 12.4. The van der Waals surface area contributed by atoms with Gasteiger partial charge in [0.05, 0.1) is 41.7 Å². The van der Waals surface area contributed by atoms with E-state index >= 15 is 0 Å². The Bertz CT molecular complexity index is 875. The van der Waals surface area contributed by atoms with Crippen LogP contribution in [0.15, 0.2) is 24.5 Å². The maximum Gasteiger partial charge on any atom is 0.222 e. The number of methoxy groups -OCH3 is 2. The second-order valence-corrected chi connectivity index (χ2v) is 5.65. The lowest BCUT2D eigenvalue weighted by Gasteiger charge is -2.14. The van der Waals surface area contributed by atoms with E-state index in [2.05, 4.69) is 15.0 Å². The second kappa shape index (κ2) is 6.35. The zero-order valence-electron chi connectivity index (χ0n) is 12.1. The Balaban J connectivity index is 2.27. The molecular formula is C15H10Cl3N3O2. The van der Waals surface area contributed by atoms with Crippen molar-refractivity contribution in [3.63, 3.8) is 0 Å². The average Bonchev–Trinajstić information content (AvgIpc) is 2.55. The molecule has 118 valence electrons. The minimum Gasteiger partial charge on any atom is -0.495 e. The predicted molar refractivity (Wildman–Crippen MR) is 90.9 cm³/mol. The Morgan fingerprint density at radius 2 is 1.52 bits per heavy atom. The molecule has 3 aromatic rings. The van der Waals surface area contributed by atoms with Crippen LogP contribution in [0, 0.1) is 0 Å². The smallest absolute Gasteiger partial charge is 0.222 e. The van der Waals surface area contributed by atoms with Gasteiger partial charge in [0.25, 0.3) is 0 Å². The molecule has 0 aliphatic rings. The number of benzene rings is 1. The number of hydrogen-bond acceptors (Lipinski definition) is 5. The molecule has 23 heavy (non-hydrogen) atoms. The number of ether oxygens (including phenoxy) is 2. The molecule has 0 unspecified atom stereocenters. The highest BCUT2D eigenvalue weighted by Gasteiger charge is 2.20. The summed E-state index contributed by atoms with van der Waals surface area (Å²) in [5.74, 6) is 0.884. The molecule has 0 bridgehead atoms. The van der Waals surface area contributed by atoms with Crippen molar-refractivity contribution in [2.45, 2.75) is 0 Å². The third kappa shape index (κ3) is 2.87. The van der Waals surface area contributed by atoms with E-state index in [0.717, 1.165) is 5.39 Å². The van der Waals surface area contributed by atoms with E-state index in [4.69, 9.17) is 44.3 Å². The molecule has 2 heterocycles. The molecule has 0 aliphatic heterocycles. The van der Waals surface area contributed by atoms with Crippen molar-refractivity contribution < 1.29 is 9.47 Å². The standard InChI is InChI=1S/C15H10Cl3N3O2/c1-22-10-4-11(23-2)14(17)12(13(10)16)8-3-7-5-20-15(18)21-9(7)6-19-8/h3-6H,1-2H3. The molecule has 5 nitrogen and oxygen atoms in total. The summed E-state index contributed by atoms with van der Waals surface area (Å²) in [5.41, 5.74) is 1.69. The monoisotopic (exact) mass is 369 g/mol. The van der Waals surface area contributed by atoms with Gasteiger partial charge in [0, 0.05) is 23.2 Å². The largest absolute Gasteiger partial charge is 0.495 e. The molecule has 0 aliphatic carbocycles. The SMILES string of the molecule is COc1cc(OC)c(Cl)c(-c2cc3cnc(Cl)nc3cn2)c1Cl. The number of aromatic nitrogens is 3. The van der Waals surface area contributed by atoms with Gasteiger partial charge in [0.1, 0.15) is 11.5 Å². The average molecular weight is 371 g/mol. The van der Waals surface area contributed by atoms with E-state index in [1.165, 1.54) is 14.2 Å². The third-order valence-corrected chi connectivity index (χ3v) is 4.20. The first kappa shape index (κ1) is 16.1. The number of hydrogen-bond donors (Lipinski definition) is 0. The molecule has 0 atom stereocenters. The molecule has 0 fully saturated rings. The summed E-state index contributed by atoms with van der Waals surface area (Å²) in [6, 6.07) is 3.40. The lowest BCUT2D eigenvalue weighted by molar-refractivity contribution is 0.395. The maximum atomic E-state index is 6.40. The number of nitrogens with zero attached hydrogens (tertiary/aromatic N) is 3. The lowest BCUT2D eigenvalue weighted by atomic mass is 10.1. The van der Waals surface area contributed by atoms with Crippen LogP contribution >= 0.6 is 34.8 Å². The van der Waals surface area contributed by atoms with Gasteiger partial charge in [-0.25, -0.2) is 9.97 Å². The Hall–Kier alpha value is -1.82. The summed E-state index contributed by atoms with van der Waals surface area (Å²) in [6.45, 7) is 0. The first-order chi connectivity index (χ1) is 11.0. The molecule has 2 aromatic heterocycles. The summed E-state index contributed by atoms with van der Waals surface area (Å²) in [5, 5.41) is 1.61. The van der Waals surface area contributed by atoms with Crippen LogP contribution < -0.4 is 9.47 Å². The van der Waals surface area contributed by atoms with Gasteiger partial charge < -0.3 is 9.47 Å². The number of pyridine rings is 1. The van der Waals surface area contributed by atoms with E-state index in [9.17, 15) is 0 Å². The van der Waals surface area contributed by atoms with Crippen LogP contribution in [0.5, 0.6) is 11.5 Å². The Labute approximate surface area is 147 Å². The zero-order valence-corrected chi connectivity index (χ0v) is 14.4. The van der Waals surface area contributed by atoms with Gasteiger partial charge in [-0.15, -0.1) is 0 Å².